The molecule has 0 amide bonds. The summed E-state index contributed by atoms with van der Waals surface area (Å²) in [6.45, 7) is 1.34. The number of rotatable bonds is 1. The molecule has 0 radical (unpaired) electrons. The minimum Gasteiger partial charge on any atom is -0.463 e. The van der Waals surface area contributed by atoms with Crippen molar-refractivity contribution in [3.63, 3.8) is 0 Å². The molecule has 1 aromatic rings. The average Bonchev–Trinajstić information content (AvgIpc) is 2.80. The minimum absolute atomic E-state index is 0.0245. The van der Waals surface area contributed by atoms with Crippen LogP contribution in [0, 0.1) is 17.2 Å². The molecular formula is C12H9F3N2O. The van der Waals surface area contributed by atoms with E-state index in [0.717, 1.165) is 6.20 Å². The lowest BCUT2D eigenvalue weighted by atomic mass is 9.88. The Morgan fingerprint density at radius 2 is 2.17 bits per heavy atom. The standard InChI is InChI=1S/C12H9F3N2O/c1-7-10(12(13,14)15)8(5-16)6-17-11(7)9-3-2-4-18-9/h2-4,6,10,17H,1H3. The van der Waals surface area contributed by atoms with Gasteiger partial charge in [0.15, 0.2) is 0 Å². The van der Waals surface area contributed by atoms with Crippen molar-refractivity contribution in [1.82, 2.24) is 5.32 Å². The first-order valence-corrected chi connectivity index (χ1v) is 5.13. The zero-order valence-corrected chi connectivity index (χ0v) is 9.38. The van der Waals surface area contributed by atoms with Gasteiger partial charge in [-0.05, 0) is 24.6 Å². The van der Waals surface area contributed by atoms with E-state index in [-0.39, 0.29) is 16.8 Å². The molecule has 0 aliphatic carbocycles. The predicted molar refractivity (Wildman–Crippen MR) is 57.7 cm³/mol. The summed E-state index contributed by atoms with van der Waals surface area (Å²) in [6, 6.07) is 4.72. The van der Waals surface area contributed by atoms with Crippen LogP contribution in [0.1, 0.15) is 12.7 Å². The molecule has 0 fully saturated rings. The van der Waals surface area contributed by atoms with Crippen molar-refractivity contribution >= 4 is 5.70 Å². The molecule has 94 valence electrons. The van der Waals surface area contributed by atoms with E-state index in [9.17, 15) is 13.2 Å². The van der Waals surface area contributed by atoms with Gasteiger partial charge in [0.05, 0.1) is 23.6 Å². The second-order valence-electron chi connectivity index (χ2n) is 3.87. The first-order valence-electron chi connectivity index (χ1n) is 5.13. The Hall–Kier alpha value is -2.16. The molecule has 0 saturated carbocycles. The van der Waals surface area contributed by atoms with E-state index in [4.69, 9.17) is 9.68 Å². The molecule has 1 atom stereocenters. The Morgan fingerprint density at radius 3 is 2.67 bits per heavy atom. The van der Waals surface area contributed by atoms with E-state index in [1.54, 1.807) is 18.2 Å². The summed E-state index contributed by atoms with van der Waals surface area (Å²) in [7, 11) is 0. The quantitative estimate of drug-likeness (QED) is 0.837. The monoisotopic (exact) mass is 254 g/mol. The Labute approximate surface area is 101 Å². The van der Waals surface area contributed by atoms with Crippen LogP contribution in [-0.4, -0.2) is 6.18 Å². The fourth-order valence-electron chi connectivity index (χ4n) is 1.93. The van der Waals surface area contributed by atoms with Gasteiger partial charge in [-0.2, -0.15) is 18.4 Å². The van der Waals surface area contributed by atoms with Crippen LogP contribution in [-0.2, 0) is 0 Å². The molecule has 1 N–H and O–H groups in total. The highest BCUT2D eigenvalue weighted by molar-refractivity contribution is 5.68. The van der Waals surface area contributed by atoms with Crippen LogP contribution >= 0.6 is 0 Å². The summed E-state index contributed by atoms with van der Waals surface area (Å²) < 4.78 is 44.0. The highest BCUT2D eigenvalue weighted by Crippen LogP contribution is 2.41. The SMILES string of the molecule is CC1=C(c2ccco2)NC=C(C#N)C1C(F)(F)F. The lowest BCUT2D eigenvalue weighted by molar-refractivity contribution is -0.153. The number of hydrogen-bond acceptors (Lipinski definition) is 3. The zero-order valence-electron chi connectivity index (χ0n) is 9.38. The third-order valence-corrected chi connectivity index (χ3v) is 2.73. The highest BCUT2D eigenvalue weighted by atomic mass is 19.4. The highest BCUT2D eigenvalue weighted by Gasteiger charge is 2.46. The van der Waals surface area contributed by atoms with Gasteiger partial charge in [0, 0.05) is 6.20 Å². The van der Waals surface area contributed by atoms with E-state index in [1.807, 2.05) is 0 Å². The maximum absolute atomic E-state index is 13.0. The normalized spacial score (nSPS) is 20.2. The van der Waals surface area contributed by atoms with Crippen LogP contribution in [0.25, 0.3) is 5.70 Å². The molecule has 0 aromatic carbocycles. The lowest BCUT2D eigenvalue weighted by Gasteiger charge is -2.26. The number of furan rings is 1. The number of nitrogens with zero attached hydrogens (tertiary/aromatic N) is 1. The van der Waals surface area contributed by atoms with E-state index in [1.165, 1.54) is 13.2 Å². The van der Waals surface area contributed by atoms with Crippen molar-refractivity contribution in [3.05, 3.63) is 41.5 Å². The van der Waals surface area contributed by atoms with E-state index >= 15 is 0 Å². The fraction of sp³-hybridized carbons (Fsp3) is 0.250. The van der Waals surface area contributed by atoms with E-state index < -0.39 is 12.1 Å². The largest absolute Gasteiger partial charge is 0.463 e. The maximum atomic E-state index is 13.0. The summed E-state index contributed by atoms with van der Waals surface area (Å²) in [5, 5.41) is 11.4. The second kappa shape index (κ2) is 4.26. The van der Waals surface area contributed by atoms with Crippen molar-refractivity contribution in [2.24, 2.45) is 5.92 Å². The topological polar surface area (TPSA) is 49.0 Å². The van der Waals surface area contributed by atoms with E-state index in [2.05, 4.69) is 5.32 Å². The van der Waals surface area contributed by atoms with Crippen LogP contribution in [0.3, 0.4) is 0 Å². The smallest absolute Gasteiger partial charge is 0.400 e. The molecule has 0 spiro atoms. The Balaban J connectivity index is 2.49. The number of hydrogen-bond donors (Lipinski definition) is 1. The van der Waals surface area contributed by atoms with Gasteiger partial charge in [0.25, 0.3) is 0 Å². The third kappa shape index (κ3) is 1.99. The number of nitriles is 1. The van der Waals surface area contributed by atoms with Crippen molar-refractivity contribution in [2.75, 3.05) is 0 Å². The Morgan fingerprint density at radius 1 is 1.44 bits per heavy atom. The van der Waals surface area contributed by atoms with Crippen LogP contribution in [0.2, 0.25) is 0 Å². The first kappa shape index (κ1) is 12.3. The summed E-state index contributed by atoms with van der Waals surface area (Å²) in [6.07, 6.45) is -2.04. The molecule has 6 heteroatoms. The summed E-state index contributed by atoms with van der Waals surface area (Å²) in [4.78, 5) is 0. The Bertz CT molecular complexity index is 547. The fourth-order valence-corrected chi connectivity index (χ4v) is 1.93. The third-order valence-electron chi connectivity index (χ3n) is 2.73. The van der Waals surface area contributed by atoms with Crippen molar-refractivity contribution in [3.8, 4) is 6.07 Å². The molecule has 2 heterocycles. The second-order valence-corrected chi connectivity index (χ2v) is 3.87. The molecule has 2 rings (SSSR count). The molecule has 1 aliphatic rings. The van der Waals surface area contributed by atoms with Gasteiger partial charge in [0.2, 0.25) is 0 Å². The van der Waals surface area contributed by atoms with Crippen molar-refractivity contribution in [1.29, 1.82) is 5.26 Å². The molecule has 3 nitrogen and oxygen atoms in total. The van der Waals surface area contributed by atoms with Crippen molar-refractivity contribution in [2.45, 2.75) is 13.1 Å². The number of allylic oxidation sites excluding steroid dienone is 2. The van der Waals surface area contributed by atoms with Crippen molar-refractivity contribution < 1.29 is 17.6 Å². The van der Waals surface area contributed by atoms with Gasteiger partial charge in [-0.1, -0.05) is 0 Å². The number of halogens is 3. The molecule has 0 bridgehead atoms. The molecular weight excluding hydrogens is 245 g/mol. The zero-order chi connectivity index (χ0) is 13.3. The number of nitrogens with one attached hydrogen (secondary N) is 1. The predicted octanol–water partition coefficient (Wildman–Crippen LogP) is 3.20. The first-order chi connectivity index (χ1) is 8.45. The van der Waals surface area contributed by atoms with Crippen LogP contribution in [0.4, 0.5) is 13.2 Å². The molecule has 1 unspecified atom stereocenters. The molecule has 1 aliphatic heterocycles. The van der Waals surface area contributed by atoms with Crippen LogP contribution in [0.15, 0.2) is 40.2 Å². The van der Waals surface area contributed by atoms with Gasteiger partial charge >= 0.3 is 6.18 Å². The van der Waals surface area contributed by atoms with E-state index in [0.29, 0.717) is 5.76 Å². The van der Waals surface area contributed by atoms with Gasteiger partial charge in [-0.3, -0.25) is 0 Å². The van der Waals surface area contributed by atoms with Gasteiger partial charge in [-0.25, -0.2) is 0 Å². The minimum atomic E-state index is -4.49. The maximum Gasteiger partial charge on any atom is 0.400 e. The van der Waals surface area contributed by atoms with Crippen LogP contribution < -0.4 is 5.32 Å². The number of dihydropyridines is 1. The Kier molecular flexibility index (Phi) is 2.91. The van der Waals surface area contributed by atoms with Gasteiger partial charge in [-0.15, -0.1) is 0 Å². The molecule has 0 saturated heterocycles. The summed E-state index contributed by atoms with van der Waals surface area (Å²) >= 11 is 0. The molecule has 1 aromatic heterocycles. The number of alkyl halides is 3. The summed E-state index contributed by atoms with van der Waals surface area (Å²) in [5.74, 6) is -1.57. The van der Waals surface area contributed by atoms with Gasteiger partial charge < -0.3 is 9.73 Å². The molecule has 18 heavy (non-hydrogen) atoms. The lowest BCUT2D eigenvalue weighted by Crippen LogP contribution is -2.31. The average molecular weight is 254 g/mol. The van der Waals surface area contributed by atoms with Crippen LogP contribution in [0.5, 0.6) is 0 Å². The summed E-state index contributed by atoms with van der Waals surface area (Å²) in [5.41, 5.74) is -0.0758. The van der Waals surface area contributed by atoms with Gasteiger partial charge in [0.1, 0.15) is 11.7 Å².